The molecule has 7 heteroatoms. The summed E-state index contributed by atoms with van der Waals surface area (Å²) in [4.78, 5) is 24.3. The summed E-state index contributed by atoms with van der Waals surface area (Å²) in [6.07, 6.45) is 4.96. The summed E-state index contributed by atoms with van der Waals surface area (Å²) < 4.78 is 1.85. The first-order valence-corrected chi connectivity index (χ1v) is 10.2. The lowest BCUT2D eigenvalue weighted by atomic mass is 10.1. The lowest BCUT2D eigenvalue weighted by molar-refractivity contribution is -0.115. The molecule has 3 rings (SSSR count). The summed E-state index contributed by atoms with van der Waals surface area (Å²) in [5.41, 5.74) is 9.87. The fraction of sp³-hybridized carbons (Fsp3) is 0.130. The van der Waals surface area contributed by atoms with Crippen molar-refractivity contribution in [2.45, 2.75) is 11.9 Å². The number of aromatic nitrogens is 1. The van der Waals surface area contributed by atoms with Gasteiger partial charge < -0.3 is 15.6 Å². The number of hydrogen-bond acceptors (Lipinski definition) is 3. The van der Waals surface area contributed by atoms with Gasteiger partial charge in [-0.15, -0.1) is 11.6 Å². The standard InChI is InChI=1S/C23H21Cl2N3O2/c1-27-23(30)16-7-4-15(5-8-16)6-11-21(29)22(26)20-3-2-12-28(20)18-9-10-19(25)17(13-18)14-24/h2-13,22H,14,26H2,1H3,(H,27,30)/b11-6+. The van der Waals surface area contributed by atoms with Gasteiger partial charge in [0.1, 0.15) is 6.04 Å². The Morgan fingerprint density at radius 1 is 1.17 bits per heavy atom. The van der Waals surface area contributed by atoms with E-state index in [0.717, 1.165) is 16.8 Å². The van der Waals surface area contributed by atoms with E-state index < -0.39 is 6.04 Å². The zero-order valence-electron chi connectivity index (χ0n) is 16.3. The number of alkyl halides is 1. The minimum Gasteiger partial charge on any atom is -0.355 e. The average molecular weight is 442 g/mol. The molecule has 1 amide bonds. The number of ketones is 1. The van der Waals surface area contributed by atoms with E-state index >= 15 is 0 Å². The van der Waals surface area contributed by atoms with Crippen molar-refractivity contribution in [2.75, 3.05) is 7.05 Å². The highest BCUT2D eigenvalue weighted by Gasteiger charge is 2.18. The summed E-state index contributed by atoms with van der Waals surface area (Å²) in [6.45, 7) is 0. The van der Waals surface area contributed by atoms with Gasteiger partial charge in [-0.1, -0.05) is 29.8 Å². The van der Waals surface area contributed by atoms with Crippen molar-refractivity contribution in [3.63, 3.8) is 0 Å². The Morgan fingerprint density at radius 3 is 2.57 bits per heavy atom. The maximum absolute atomic E-state index is 12.7. The molecule has 1 unspecified atom stereocenters. The van der Waals surface area contributed by atoms with Crippen LogP contribution in [0.4, 0.5) is 0 Å². The molecule has 2 aromatic carbocycles. The molecule has 3 aromatic rings. The van der Waals surface area contributed by atoms with E-state index in [1.807, 2.05) is 35.0 Å². The molecule has 154 valence electrons. The zero-order chi connectivity index (χ0) is 21.7. The van der Waals surface area contributed by atoms with Crippen LogP contribution in [0.25, 0.3) is 11.8 Å². The van der Waals surface area contributed by atoms with E-state index in [1.54, 1.807) is 43.5 Å². The first kappa shape index (κ1) is 21.8. The molecule has 5 nitrogen and oxygen atoms in total. The maximum atomic E-state index is 12.7. The van der Waals surface area contributed by atoms with Crippen LogP contribution in [-0.4, -0.2) is 23.3 Å². The molecule has 0 aliphatic carbocycles. The predicted molar refractivity (Wildman–Crippen MR) is 121 cm³/mol. The molecule has 30 heavy (non-hydrogen) atoms. The van der Waals surface area contributed by atoms with Crippen LogP contribution in [0, 0.1) is 0 Å². The number of nitrogens with one attached hydrogen (secondary N) is 1. The van der Waals surface area contributed by atoms with Gasteiger partial charge >= 0.3 is 0 Å². The number of nitrogens with zero attached hydrogens (tertiary/aromatic N) is 1. The molecule has 0 saturated heterocycles. The fourth-order valence-corrected chi connectivity index (χ4v) is 3.49. The SMILES string of the molecule is CNC(=O)c1ccc(/C=C/C(=O)C(N)c2cccn2-c2ccc(Cl)c(CCl)c2)cc1. The second-order valence-corrected chi connectivity index (χ2v) is 7.30. The van der Waals surface area contributed by atoms with Crippen molar-refractivity contribution in [3.8, 4) is 5.69 Å². The molecule has 3 N–H and O–H groups in total. The normalized spacial score (nSPS) is 12.1. The maximum Gasteiger partial charge on any atom is 0.251 e. The molecule has 0 aliphatic heterocycles. The molecule has 0 aliphatic rings. The second kappa shape index (κ2) is 9.76. The molecule has 1 aromatic heterocycles. The van der Waals surface area contributed by atoms with Crippen molar-refractivity contribution in [1.29, 1.82) is 0 Å². The van der Waals surface area contributed by atoms with Crippen LogP contribution < -0.4 is 11.1 Å². The Morgan fingerprint density at radius 2 is 1.90 bits per heavy atom. The van der Waals surface area contributed by atoms with E-state index in [1.165, 1.54) is 6.08 Å². The van der Waals surface area contributed by atoms with Crippen LogP contribution in [0.5, 0.6) is 0 Å². The Kier molecular flexibility index (Phi) is 7.11. The Labute approximate surface area is 185 Å². The van der Waals surface area contributed by atoms with Gasteiger partial charge in [-0.05, 0) is 59.7 Å². The van der Waals surface area contributed by atoms with Gasteiger partial charge in [-0.3, -0.25) is 9.59 Å². The smallest absolute Gasteiger partial charge is 0.251 e. The van der Waals surface area contributed by atoms with E-state index in [-0.39, 0.29) is 17.6 Å². The summed E-state index contributed by atoms with van der Waals surface area (Å²) in [5.74, 6) is -0.115. The van der Waals surface area contributed by atoms with Crippen molar-refractivity contribution in [2.24, 2.45) is 5.73 Å². The molecule has 0 radical (unpaired) electrons. The summed E-state index contributed by atoms with van der Waals surface area (Å²) >= 11 is 12.1. The van der Waals surface area contributed by atoms with Gasteiger partial charge in [0.15, 0.2) is 5.78 Å². The number of carbonyl (C=O) groups excluding carboxylic acids is 2. The number of amides is 1. The minimum absolute atomic E-state index is 0.163. The van der Waals surface area contributed by atoms with Crippen molar-refractivity contribution in [3.05, 3.63) is 94.3 Å². The first-order chi connectivity index (χ1) is 14.4. The number of halogens is 2. The van der Waals surface area contributed by atoms with Gasteiger partial charge in [0.25, 0.3) is 5.91 Å². The van der Waals surface area contributed by atoms with Crippen molar-refractivity contribution in [1.82, 2.24) is 9.88 Å². The number of rotatable bonds is 7. The van der Waals surface area contributed by atoms with Gasteiger partial charge in [-0.2, -0.15) is 0 Å². The monoisotopic (exact) mass is 441 g/mol. The van der Waals surface area contributed by atoms with E-state index in [0.29, 0.717) is 16.3 Å². The number of hydrogen-bond donors (Lipinski definition) is 2. The van der Waals surface area contributed by atoms with E-state index in [4.69, 9.17) is 28.9 Å². The first-order valence-electron chi connectivity index (χ1n) is 9.26. The number of benzene rings is 2. The highest BCUT2D eigenvalue weighted by Crippen LogP contribution is 2.25. The van der Waals surface area contributed by atoms with Crippen LogP contribution in [0.1, 0.15) is 33.2 Å². The summed E-state index contributed by atoms with van der Waals surface area (Å²) in [7, 11) is 1.58. The molecule has 0 fully saturated rings. The van der Waals surface area contributed by atoms with Gasteiger partial charge in [-0.25, -0.2) is 0 Å². The summed E-state index contributed by atoms with van der Waals surface area (Å²) in [5, 5.41) is 3.16. The van der Waals surface area contributed by atoms with E-state index in [2.05, 4.69) is 5.32 Å². The van der Waals surface area contributed by atoms with Crippen molar-refractivity contribution < 1.29 is 9.59 Å². The highest BCUT2D eigenvalue weighted by atomic mass is 35.5. The van der Waals surface area contributed by atoms with Crippen molar-refractivity contribution >= 4 is 41.0 Å². The van der Waals surface area contributed by atoms with Crippen LogP contribution in [0.15, 0.2) is 66.9 Å². The molecule has 1 heterocycles. The van der Waals surface area contributed by atoms with Crippen LogP contribution in [0.2, 0.25) is 5.02 Å². The number of carbonyl (C=O) groups is 2. The topological polar surface area (TPSA) is 77.1 Å². The van der Waals surface area contributed by atoms with Crippen LogP contribution in [0.3, 0.4) is 0 Å². The van der Waals surface area contributed by atoms with Gasteiger partial charge in [0.05, 0.1) is 0 Å². The fourth-order valence-electron chi connectivity index (χ4n) is 3.01. The quantitative estimate of drug-likeness (QED) is 0.418. The Bertz CT molecular complexity index is 1090. The van der Waals surface area contributed by atoms with Gasteiger partial charge in [0.2, 0.25) is 0 Å². The highest BCUT2D eigenvalue weighted by molar-refractivity contribution is 6.32. The van der Waals surface area contributed by atoms with Gasteiger partial charge in [0, 0.05) is 41.1 Å². The second-order valence-electron chi connectivity index (χ2n) is 6.63. The zero-order valence-corrected chi connectivity index (χ0v) is 17.8. The lowest BCUT2D eigenvalue weighted by Crippen LogP contribution is -2.22. The minimum atomic E-state index is -0.837. The number of nitrogens with two attached hydrogens (primary N) is 1. The third-order valence-electron chi connectivity index (χ3n) is 4.70. The lowest BCUT2D eigenvalue weighted by Gasteiger charge is -2.15. The molecule has 0 spiro atoms. The Balaban J connectivity index is 1.78. The Hall–Kier alpha value is -2.86. The predicted octanol–water partition coefficient (Wildman–Crippen LogP) is 4.51. The van der Waals surface area contributed by atoms with E-state index in [9.17, 15) is 9.59 Å². The third kappa shape index (κ3) is 4.82. The largest absolute Gasteiger partial charge is 0.355 e. The summed E-state index contributed by atoms with van der Waals surface area (Å²) in [6, 6.07) is 15.2. The van der Waals surface area contributed by atoms with Crippen LogP contribution >= 0.6 is 23.2 Å². The molecular weight excluding hydrogens is 421 g/mol. The molecule has 0 saturated carbocycles. The molecule has 0 bridgehead atoms. The molecule has 1 atom stereocenters. The average Bonchev–Trinajstić information content (AvgIpc) is 3.27. The third-order valence-corrected chi connectivity index (χ3v) is 5.35. The van der Waals surface area contributed by atoms with Crippen LogP contribution in [-0.2, 0) is 10.7 Å². The molecular formula is C23H21Cl2N3O2.